The van der Waals surface area contributed by atoms with Crippen molar-refractivity contribution in [1.82, 2.24) is 10.2 Å². The van der Waals surface area contributed by atoms with Crippen LogP contribution in [0, 0.1) is 0 Å². The van der Waals surface area contributed by atoms with Crippen molar-refractivity contribution in [2.75, 3.05) is 6.79 Å². The molecule has 31 heavy (non-hydrogen) atoms. The van der Waals surface area contributed by atoms with Crippen molar-refractivity contribution >= 4 is 23.4 Å². The summed E-state index contributed by atoms with van der Waals surface area (Å²) < 4.78 is 10.8. The van der Waals surface area contributed by atoms with Gasteiger partial charge in [-0.2, -0.15) is 0 Å². The summed E-state index contributed by atoms with van der Waals surface area (Å²) in [7, 11) is 0. The number of hydrogen-bond donors (Lipinski definition) is 1. The first-order valence-electron chi connectivity index (χ1n) is 10.6. The second kappa shape index (κ2) is 10.5. The highest BCUT2D eigenvalue weighted by Gasteiger charge is 2.26. The van der Waals surface area contributed by atoms with Gasteiger partial charge >= 0.3 is 0 Å². The zero-order chi connectivity index (χ0) is 22.4. The quantitative estimate of drug-likeness (QED) is 0.625. The molecule has 0 saturated heterocycles. The minimum Gasteiger partial charge on any atom is -0.454 e. The van der Waals surface area contributed by atoms with Gasteiger partial charge in [-0.3, -0.25) is 9.59 Å². The molecule has 2 aromatic carbocycles. The highest BCUT2D eigenvalue weighted by Crippen LogP contribution is 2.32. The van der Waals surface area contributed by atoms with Gasteiger partial charge < -0.3 is 19.7 Å². The van der Waals surface area contributed by atoms with Crippen molar-refractivity contribution in [2.24, 2.45) is 0 Å². The van der Waals surface area contributed by atoms with Gasteiger partial charge in [0, 0.05) is 24.0 Å². The summed E-state index contributed by atoms with van der Waals surface area (Å²) in [5, 5.41) is 3.57. The van der Waals surface area contributed by atoms with E-state index in [1.807, 2.05) is 50.2 Å². The van der Waals surface area contributed by atoms with E-state index in [-0.39, 0.29) is 31.1 Å². The first kappa shape index (κ1) is 22.9. The maximum absolute atomic E-state index is 13.2. The molecule has 1 N–H and O–H groups in total. The third-order valence-electron chi connectivity index (χ3n) is 5.47. The predicted octanol–water partition coefficient (Wildman–Crippen LogP) is 4.33. The van der Waals surface area contributed by atoms with E-state index in [0.29, 0.717) is 29.5 Å². The van der Waals surface area contributed by atoms with Crippen molar-refractivity contribution in [3.05, 3.63) is 58.6 Å². The second-order valence-electron chi connectivity index (χ2n) is 7.83. The number of halogens is 1. The van der Waals surface area contributed by atoms with Gasteiger partial charge in [0.05, 0.1) is 0 Å². The van der Waals surface area contributed by atoms with Gasteiger partial charge in [-0.05, 0) is 62.1 Å². The number of benzene rings is 2. The van der Waals surface area contributed by atoms with Gasteiger partial charge in [0.2, 0.25) is 18.6 Å². The molecule has 1 aliphatic heterocycles. The molecule has 0 radical (unpaired) electrons. The fourth-order valence-electron chi connectivity index (χ4n) is 3.37. The van der Waals surface area contributed by atoms with Crippen LogP contribution in [-0.4, -0.2) is 35.6 Å². The van der Waals surface area contributed by atoms with E-state index in [2.05, 4.69) is 5.32 Å². The van der Waals surface area contributed by atoms with E-state index < -0.39 is 6.04 Å². The molecule has 3 rings (SSSR count). The Labute approximate surface area is 188 Å². The number of rotatable bonds is 9. The molecule has 2 atom stereocenters. The average Bonchev–Trinajstić information content (AvgIpc) is 3.23. The van der Waals surface area contributed by atoms with Crippen LogP contribution >= 0.6 is 11.6 Å². The predicted molar refractivity (Wildman–Crippen MR) is 120 cm³/mol. The number of amides is 2. The number of aryl methyl sites for hydroxylation is 1. The molecule has 166 valence electrons. The van der Waals surface area contributed by atoms with Gasteiger partial charge in [-0.15, -0.1) is 0 Å². The highest BCUT2D eigenvalue weighted by atomic mass is 35.5. The zero-order valence-corrected chi connectivity index (χ0v) is 18.9. The summed E-state index contributed by atoms with van der Waals surface area (Å²) in [5.41, 5.74) is 1.86. The Bertz CT molecular complexity index is 934. The number of nitrogens with one attached hydrogen (secondary N) is 1. The summed E-state index contributed by atoms with van der Waals surface area (Å²) in [6.07, 6.45) is 1.65. The molecular formula is C24H29ClN2O4. The summed E-state index contributed by atoms with van der Waals surface area (Å²) in [6.45, 7) is 6.26. The van der Waals surface area contributed by atoms with E-state index in [1.165, 1.54) is 0 Å². The van der Waals surface area contributed by atoms with Crippen LogP contribution in [0.4, 0.5) is 0 Å². The molecule has 0 aliphatic carbocycles. The van der Waals surface area contributed by atoms with Crippen molar-refractivity contribution in [1.29, 1.82) is 0 Å². The summed E-state index contributed by atoms with van der Waals surface area (Å²) >= 11 is 6.12. The van der Waals surface area contributed by atoms with E-state index in [1.54, 1.807) is 17.9 Å². The van der Waals surface area contributed by atoms with Crippen LogP contribution in [0.25, 0.3) is 0 Å². The van der Waals surface area contributed by atoms with E-state index in [9.17, 15) is 9.59 Å². The van der Waals surface area contributed by atoms with E-state index in [0.717, 1.165) is 17.5 Å². The molecule has 1 heterocycles. The lowest BCUT2D eigenvalue weighted by Gasteiger charge is -2.30. The average molecular weight is 445 g/mol. The van der Waals surface area contributed by atoms with Crippen LogP contribution in [0.3, 0.4) is 0 Å². The summed E-state index contributed by atoms with van der Waals surface area (Å²) in [5.74, 6) is 1.16. The maximum atomic E-state index is 13.2. The zero-order valence-electron chi connectivity index (χ0n) is 18.2. The fraction of sp³-hybridized carbons (Fsp3) is 0.417. The smallest absolute Gasteiger partial charge is 0.242 e. The molecule has 7 heteroatoms. The Morgan fingerprint density at radius 2 is 1.87 bits per heavy atom. The first-order chi connectivity index (χ1) is 14.9. The van der Waals surface area contributed by atoms with Crippen LogP contribution in [0.2, 0.25) is 5.02 Å². The Kier molecular flexibility index (Phi) is 7.80. The lowest BCUT2D eigenvalue weighted by molar-refractivity contribution is -0.140. The summed E-state index contributed by atoms with van der Waals surface area (Å²) in [4.78, 5) is 27.6. The molecule has 0 saturated carbocycles. The molecule has 0 unspecified atom stereocenters. The SMILES string of the molecule is CC[C@H](C)NC(=O)[C@H](C)N(Cc1cccc(Cl)c1)C(=O)CCc1ccc2c(c1)OCO2. The van der Waals surface area contributed by atoms with Gasteiger partial charge in [-0.1, -0.05) is 36.7 Å². The second-order valence-corrected chi connectivity index (χ2v) is 8.27. The molecule has 0 spiro atoms. The fourth-order valence-corrected chi connectivity index (χ4v) is 3.58. The van der Waals surface area contributed by atoms with Crippen molar-refractivity contribution < 1.29 is 19.1 Å². The van der Waals surface area contributed by atoms with Crippen molar-refractivity contribution in [3.8, 4) is 11.5 Å². The number of carbonyl (C=O) groups is 2. The van der Waals surface area contributed by atoms with Gasteiger partial charge in [0.25, 0.3) is 0 Å². The van der Waals surface area contributed by atoms with Crippen molar-refractivity contribution in [3.63, 3.8) is 0 Å². The molecule has 6 nitrogen and oxygen atoms in total. The first-order valence-corrected chi connectivity index (χ1v) is 11.0. The number of fused-ring (bicyclic) bond motifs is 1. The third kappa shape index (κ3) is 6.14. The number of nitrogens with zero attached hydrogens (tertiary/aromatic N) is 1. The van der Waals surface area contributed by atoms with Gasteiger partial charge in [-0.25, -0.2) is 0 Å². The van der Waals surface area contributed by atoms with Crippen LogP contribution in [0.15, 0.2) is 42.5 Å². The summed E-state index contributed by atoms with van der Waals surface area (Å²) in [6, 6.07) is 12.5. The van der Waals surface area contributed by atoms with Gasteiger partial charge in [0.15, 0.2) is 11.5 Å². The minimum absolute atomic E-state index is 0.0479. The third-order valence-corrected chi connectivity index (χ3v) is 5.71. The molecule has 0 aromatic heterocycles. The van der Waals surface area contributed by atoms with Crippen LogP contribution in [-0.2, 0) is 22.6 Å². The lowest BCUT2D eigenvalue weighted by atomic mass is 10.1. The number of carbonyl (C=O) groups excluding carboxylic acids is 2. The van der Waals surface area contributed by atoms with E-state index >= 15 is 0 Å². The minimum atomic E-state index is -0.600. The lowest BCUT2D eigenvalue weighted by Crippen LogP contribution is -2.49. The van der Waals surface area contributed by atoms with E-state index in [4.69, 9.17) is 21.1 Å². The van der Waals surface area contributed by atoms with Gasteiger partial charge in [0.1, 0.15) is 6.04 Å². The standard InChI is InChI=1S/C24H29ClN2O4/c1-4-16(2)26-24(29)17(3)27(14-19-6-5-7-20(25)12-19)23(28)11-9-18-8-10-21-22(13-18)31-15-30-21/h5-8,10,12-13,16-17H,4,9,11,14-15H2,1-3H3,(H,26,29)/t16-,17-/m0/s1. The monoisotopic (exact) mass is 444 g/mol. The largest absolute Gasteiger partial charge is 0.454 e. The highest BCUT2D eigenvalue weighted by molar-refractivity contribution is 6.30. The number of hydrogen-bond acceptors (Lipinski definition) is 4. The Balaban J connectivity index is 1.72. The van der Waals surface area contributed by atoms with Crippen LogP contribution in [0.5, 0.6) is 11.5 Å². The molecule has 0 fully saturated rings. The molecular weight excluding hydrogens is 416 g/mol. The molecule has 0 bridgehead atoms. The maximum Gasteiger partial charge on any atom is 0.242 e. The Morgan fingerprint density at radius 1 is 1.10 bits per heavy atom. The Hall–Kier alpha value is -2.73. The molecule has 1 aliphatic rings. The van der Waals surface area contributed by atoms with Crippen LogP contribution < -0.4 is 14.8 Å². The topological polar surface area (TPSA) is 67.9 Å². The van der Waals surface area contributed by atoms with Crippen molar-refractivity contribution in [2.45, 2.75) is 58.7 Å². The Morgan fingerprint density at radius 3 is 2.61 bits per heavy atom. The number of ether oxygens (including phenoxy) is 2. The molecule has 2 aromatic rings. The van der Waals surface area contributed by atoms with Crippen LogP contribution in [0.1, 0.15) is 44.7 Å². The molecule has 2 amide bonds. The normalized spacial score (nSPS) is 14.1.